The molecule has 2 aromatic rings. The number of carboxylic acid groups (broad SMARTS) is 1. The number of nitrogen functional groups attached to an aromatic ring is 1. The van der Waals surface area contributed by atoms with Crippen LogP contribution in [-0.4, -0.2) is 31.8 Å². The Labute approximate surface area is 150 Å². The number of rotatable bonds is 4. The predicted octanol–water partition coefficient (Wildman–Crippen LogP) is 3.50. The van der Waals surface area contributed by atoms with Gasteiger partial charge in [0.1, 0.15) is 22.8 Å². The number of benzene rings is 2. The van der Waals surface area contributed by atoms with Crippen molar-refractivity contribution < 1.29 is 19.4 Å². The molecule has 0 saturated carbocycles. The van der Waals surface area contributed by atoms with E-state index in [4.69, 9.17) is 26.8 Å². The lowest BCUT2D eigenvalue weighted by Gasteiger charge is -2.28. The van der Waals surface area contributed by atoms with Crippen molar-refractivity contribution in [3.63, 3.8) is 0 Å². The fraction of sp³-hybridized carbons (Fsp3) is 0.167. The molecule has 2 aromatic carbocycles. The van der Waals surface area contributed by atoms with Gasteiger partial charge in [0.05, 0.1) is 23.5 Å². The van der Waals surface area contributed by atoms with Crippen LogP contribution < -0.4 is 20.1 Å². The Bertz CT molecular complexity index is 880. The van der Waals surface area contributed by atoms with Gasteiger partial charge in [-0.1, -0.05) is 11.6 Å². The average molecular weight is 361 g/mol. The van der Waals surface area contributed by atoms with Crippen LogP contribution in [0.5, 0.6) is 11.5 Å². The molecular weight excluding hydrogens is 344 g/mol. The second kappa shape index (κ2) is 6.57. The molecule has 7 heteroatoms. The molecule has 25 heavy (non-hydrogen) atoms. The quantitative estimate of drug-likeness (QED) is 0.812. The van der Waals surface area contributed by atoms with Crippen LogP contribution in [0.15, 0.2) is 36.4 Å². The highest BCUT2D eigenvalue weighted by Gasteiger charge is 2.23. The van der Waals surface area contributed by atoms with Crippen LogP contribution in [0, 0.1) is 0 Å². The smallest absolute Gasteiger partial charge is 0.339 e. The molecule has 0 bridgehead atoms. The summed E-state index contributed by atoms with van der Waals surface area (Å²) in [6.45, 7) is 0.612. The minimum Gasteiger partial charge on any atom is -0.496 e. The Balaban J connectivity index is 2.05. The van der Waals surface area contributed by atoms with Gasteiger partial charge < -0.3 is 25.2 Å². The zero-order chi connectivity index (χ0) is 18.1. The second-order valence-corrected chi connectivity index (χ2v) is 6.02. The van der Waals surface area contributed by atoms with Crippen LogP contribution in [0.1, 0.15) is 15.9 Å². The maximum atomic E-state index is 11.5. The zero-order valence-electron chi connectivity index (χ0n) is 13.7. The van der Waals surface area contributed by atoms with Gasteiger partial charge in [-0.2, -0.15) is 0 Å². The number of halogens is 1. The molecule has 0 fully saturated rings. The lowest BCUT2D eigenvalue weighted by atomic mass is 10.0. The summed E-state index contributed by atoms with van der Waals surface area (Å²) in [5.41, 5.74) is 7.73. The second-order valence-electron chi connectivity index (χ2n) is 5.61. The van der Waals surface area contributed by atoms with Crippen molar-refractivity contribution in [2.24, 2.45) is 0 Å². The maximum absolute atomic E-state index is 11.5. The van der Waals surface area contributed by atoms with Crippen molar-refractivity contribution in [2.45, 2.75) is 0 Å². The normalized spacial score (nSPS) is 13.1. The Morgan fingerprint density at radius 3 is 2.72 bits per heavy atom. The summed E-state index contributed by atoms with van der Waals surface area (Å²) in [6, 6.07) is 8.24. The number of aromatic carboxylic acids is 1. The van der Waals surface area contributed by atoms with E-state index < -0.39 is 5.97 Å². The molecule has 3 rings (SSSR count). The highest BCUT2D eigenvalue weighted by atomic mass is 35.5. The molecule has 0 amide bonds. The molecule has 1 heterocycles. The molecule has 0 aromatic heterocycles. The Morgan fingerprint density at radius 2 is 2.08 bits per heavy atom. The molecule has 1 aliphatic heterocycles. The number of anilines is 2. The molecule has 1 aliphatic rings. The van der Waals surface area contributed by atoms with Crippen LogP contribution >= 0.6 is 11.6 Å². The zero-order valence-corrected chi connectivity index (χ0v) is 14.5. The number of carboxylic acids is 1. The number of nitrogens with two attached hydrogens (primary N) is 1. The molecule has 0 saturated heterocycles. The summed E-state index contributed by atoms with van der Waals surface area (Å²) in [7, 11) is 3.35. The van der Waals surface area contributed by atoms with Crippen molar-refractivity contribution in [1.29, 1.82) is 0 Å². The van der Waals surface area contributed by atoms with Crippen LogP contribution in [0.3, 0.4) is 0 Å². The number of nitrogens with zero attached hydrogens (tertiary/aromatic N) is 1. The summed E-state index contributed by atoms with van der Waals surface area (Å²) < 4.78 is 11.1. The average Bonchev–Trinajstić information content (AvgIpc) is 2.59. The van der Waals surface area contributed by atoms with Crippen molar-refractivity contribution in [1.82, 2.24) is 0 Å². The first kappa shape index (κ1) is 17.0. The summed E-state index contributed by atoms with van der Waals surface area (Å²) in [5, 5.41) is 9.82. The summed E-state index contributed by atoms with van der Waals surface area (Å²) >= 11 is 6.03. The molecule has 6 nitrogen and oxygen atoms in total. The van der Waals surface area contributed by atoms with Crippen molar-refractivity contribution in [3.8, 4) is 11.5 Å². The minimum atomic E-state index is -1.07. The largest absolute Gasteiger partial charge is 0.496 e. The summed E-state index contributed by atoms with van der Waals surface area (Å²) in [4.78, 5) is 13.5. The fourth-order valence-corrected chi connectivity index (χ4v) is 2.81. The van der Waals surface area contributed by atoms with Crippen LogP contribution in [0.4, 0.5) is 11.4 Å². The van der Waals surface area contributed by atoms with Gasteiger partial charge in [0.2, 0.25) is 0 Å². The molecule has 0 aliphatic carbocycles. The van der Waals surface area contributed by atoms with Gasteiger partial charge >= 0.3 is 5.97 Å². The predicted molar refractivity (Wildman–Crippen MR) is 97.7 cm³/mol. The monoisotopic (exact) mass is 360 g/mol. The van der Waals surface area contributed by atoms with Gasteiger partial charge in [-0.25, -0.2) is 4.79 Å². The van der Waals surface area contributed by atoms with E-state index in [-0.39, 0.29) is 5.56 Å². The number of hydrogen-bond acceptors (Lipinski definition) is 5. The maximum Gasteiger partial charge on any atom is 0.339 e. The SMILES string of the molecule is COc1cc2c(cc1C(=O)O)C(Oc1ccc(N)c(Cl)c1)=CCN2C. The number of methoxy groups -OCH3 is 1. The number of carbonyl (C=O) groups is 1. The van der Waals surface area contributed by atoms with E-state index in [0.29, 0.717) is 40.1 Å². The van der Waals surface area contributed by atoms with Gasteiger partial charge in [0.25, 0.3) is 0 Å². The van der Waals surface area contributed by atoms with Crippen LogP contribution in [-0.2, 0) is 0 Å². The Kier molecular flexibility index (Phi) is 4.46. The first-order valence-corrected chi connectivity index (χ1v) is 7.88. The van der Waals surface area contributed by atoms with E-state index in [1.807, 2.05) is 18.0 Å². The third-order valence-corrected chi connectivity index (χ3v) is 4.30. The molecule has 130 valence electrons. The van der Waals surface area contributed by atoms with E-state index >= 15 is 0 Å². The van der Waals surface area contributed by atoms with E-state index in [9.17, 15) is 9.90 Å². The van der Waals surface area contributed by atoms with Crippen molar-refractivity contribution in [2.75, 3.05) is 31.3 Å². The first-order chi connectivity index (χ1) is 11.9. The van der Waals surface area contributed by atoms with Crippen molar-refractivity contribution >= 4 is 34.7 Å². The molecule has 0 unspecified atom stereocenters. The van der Waals surface area contributed by atoms with Crippen molar-refractivity contribution in [3.05, 3.63) is 52.6 Å². The minimum absolute atomic E-state index is 0.0707. The van der Waals surface area contributed by atoms with Gasteiger partial charge in [0.15, 0.2) is 0 Å². The Morgan fingerprint density at radius 1 is 1.32 bits per heavy atom. The summed E-state index contributed by atoms with van der Waals surface area (Å²) in [5.74, 6) is 0.311. The highest BCUT2D eigenvalue weighted by molar-refractivity contribution is 6.33. The topological polar surface area (TPSA) is 85.0 Å². The van der Waals surface area contributed by atoms with Crippen LogP contribution in [0.2, 0.25) is 5.02 Å². The van der Waals surface area contributed by atoms with Gasteiger partial charge in [-0.3, -0.25) is 0 Å². The molecule has 0 atom stereocenters. The van der Waals surface area contributed by atoms with E-state index in [2.05, 4.69) is 0 Å². The third-order valence-electron chi connectivity index (χ3n) is 3.98. The molecule has 3 N–H and O–H groups in total. The number of hydrogen-bond donors (Lipinski definition) is 2. The lowest BCUT2D eigenvalue weighted by molar-refractivity contribution is 0.0693. The van der Waals surface area contributed by atoms with Gasteiger partial charge in [-0.15, -0.1) is 0 Å². The van der Waals surface area contributed by atoms with E-state index in [1.54, 1.807) is 30.3 Å². The number of fused-ring (bicyclic) bond motifs is 1. The molecular formula is C18H17ClN2O4. The van der Waals surface area contributed by atoms with Crippen LogP contribution in [0.25, 0.3) is 5.76 Å². The molecule has 0 radical (unpaired) electrons. The Hall–Kier alpha value is -2.86. The van der Waals surface area contributed by atoms with Gasteiger partial charge in [0, 0.05) is 31.3 Å². The summed E-state index contributed by atoms with van der Waals surface area (Å²) in [6.07, 6.45) is 1.88. The number of ether oxygens (including phenoxy) is 2. The highest BCUT2D eigenvalue weighted by Crippen LogP contribution is 2.38. The van der Waals surface area contributed by atoms with E-state index in [1.165, 1.54) is 7.11 Å². The first-order valence-electron chi connectivity index (χ1n) is 7.50. The molecule has 0 spiro atoms. The number of likely N-dealkylation sites (N-methyl/N-ethyl adjacent to an activating group) is 1. The lowest BCUT2D eigenvalue weighted by Crippen LogP contribution is -2.23. The standard InChI is InChI=1S/C18H17ClN2O4/c1-21-6-5-16(25-10-3-4-14(20)13(19)7-10)11-8-12(18(22)23)17(24-2)9-15(11)21/h3-5,7-9H,6,20H2,1-2H3,(H,22,23). The third kappa shape index (κ3) is 3.21. The van der Waals surface area contributed by atoms with E-state index in [0.717, 1.165) is 5.69 Å². The van der Waals surface area contributed by atoms with Gasteiger partial charge in [-0.05, 0) is 24.3 Å². The fourth-order valence-electron chi connectivity index (χ4n) is 2.64.